The van der Waals surface area contributed by atoms with E-state index in [0.29, 0.717) is 24.9 Å². The average molecular weight is 296 g/mol. The summed E-state index contributed by atoms with van der Waals surface area (Å²) >= 11 is 0. The first-order chi connectivity index (χ1) is 10.2. The lowest BCUT2D eigenvalue weighted by atomic mass is 10.0. The monoisotopic (exact) mass is 296 g/mol. The maximum atomic E-state index is 14.1. The van der Waals surface area contributed by atoms with Gasteiger partial charge in [0.25, 0.3) is 0 Å². The zero-order chi connectivity index (χ0) is 14.8. The first-order valence-electron chi connectivity index (χ1n) is 6.79. The predicted octanol–water partition coefficient (Wildman–Crippen LogP) is 2.69. The van der Waals surface area contributed by atoms with E-state index in [1.165, 1.54) is 6.26 Å². The molecule has 0 amide bonds. The highest BCUT2D eigenvalue weighted by molar-refractivity contribution is 5.29. The Bertz CT molecular complexity index is 610. The van der Waals surface area contributed by atoms with Crippen LogP contribution in [0, 0.1) is 17.5 Å². The Morgan fingerprint density at radius 1 is 1.05 bits per heavy atom. The summed E-state index contributed by atoms with van der Waals surface area (Å²) in [6, 6.07) is 4.36. The van der Waals surface area contributed by atoms with Crippen molar-refractivity contribution < 1.29 is 17.6 Å². The fourth-order valence-electron chi connectivity index (χ4n) is 2.66. The molecule has 0 saturated carbocycles. The van der Waals surface area contributed by atoms with Crippen molar-refractivity contribution in [2.75, 3.05) is 26.2 Å². The van der Waals surface area contributed by atoms with Gasteiger partial charge in [-0.1, -0.05) is 0 Å². The smallest absolute Gasteiger partial charge is 0.161 e. The first-order valence-corrected chi connectivity index (χ1v) is 6.79. The largest absolute Gasteiger partial charge is 0.467 e. The molecule has 1 saturated heterocycles. The summed E-state index contributed by atoms with van der Waals surface area (Å²) in [7, 11) is 0. The summed E-state index contributed by atoms with van der Waals surface area (Å²) in [6.07, 6.45) is 1.49. The van der Waals surface area contributed by atoms with Gasteiger partial charge in [-0.2, -0.15) is 0 Å². The third-order valence-corrected chi connectivity index (χ3v) is 3.66. The molecule has 0 aliphatic carbocycles. The van der Waals surface area contributed by atoms with Gasteiger partial charge in [0.1, 0.15) is 11.6 Å². The number of rotatable bonds is 3. The van der Waals surface area contributed by atoms with E-state index < -0.39 is 23.5 Å². The fourth-order valence-corrected chi connectivity index (χ4v) is 2.66. The Morgan fingerprint density at radius 3 is 2.43 bits per heavy atom. The number of halogens is 3. The molecule has 21 heavy (non-hydrogen) atoms. The van der Waals surface area contributed by atoms with Gasteiger partial charge in [0.15, 0.2) is 11.6 Å². The van der Waals surface area contributed by atoms with Crippen LogP contribution in [0.4, 0.5) is 13.2 Å². The van der Waals surface area contributed by atoms with Gasteiger partial charge in [-0.15, -0.1) is 0 Å². The molecule has 1 N–H and O–H groups in total. The van der Waals surface area contributed by atoms with Gasteiger partial charge in [-0.25, -0.2) is 13.2 Å². The Morgan fingerprint density at radius 2 is 1.76 bits per heavy atom. The van der Waals surface area contributed by atoms with Crippen molar-refractivity contribution in [3.05, 3.63) is 59.3 Å². The normalized spacial score (nSPS) is 17.9. The van der Waals surface area contributed by atoms with Crippen molar-refractivity contribution in [1.29, 1.82) is 0 Å². The van der Waals surface area contributed by atoms with E-state index in [4.69, 9.17) is 4.42 Å². The molecule has 2 aromatic rings. The lowest BCUT2D eigenvalue weighted by molar-refractivity contribution is 0.176. The third kappa shape index (κ3) is 2.82. The molecular formula is C15H15F3N2O. The molecule has 0 unspecified atom stereocenters. The van der Waals surface area contributed by atoms with E-state index in [1.54, 1.807) is 12.1 Å². The Balaban J connectivity index is 2.04. The maximum absolute atomic E-state index is 14.1. The molecule has 1 fully saturated rings. The van der Waals surface area contributed by atoms with Crippen molar-refractivity contribution in [2.45, 2.75) is 6.04 Å². The van der Waals surface area contributed by atoms with Gasteiger partial charge >= 0.3 is 0 Å². The zero-order valence-corrected chi connectivity index (χ0v) is 11.3. The standard InChI is InChI=1S/C15H15F3N2O/c16-11-9-13(18)12(17)8-10(11)15(14-2-1-7-21-14)20-5-3-19-4-6-20/h1-2,7-9,15,19H,3-6H2/t15-/m1/s1. The lowest BCUT2D eigenvalue weighted by Gasteiger charge is -2.34. The second-order valence-corrected chi connectivity index (χ2v) is 4.99. The van der Waals surface area contributed by atoms with Crippen LogP contribution in [0.2, 0.25) is 0 Å². The summed E-state index contributed by atoms with van der Waals surface area (Å²) in [4.78, 5) is 1.99. The molecule has 0 radical (unpaired) electrons. The van der Waals surface area contributed by atoms with Crippen LogP contribution < -0.4 is 5.32 Å². The average Bonchev–Trinajstić information content (AvgIpc) is 3.00. The van der Waals surface area contributed by atoms with Crippen LogP contribution in [-0.4, -0.2) is 31.1 Å². The molecule has 6 heteroatoms. The molecule has 1 aliphatic rings. The summed E-state index contributed by atoms with van der Waals surface area (Å²) in [5.41, 5.74) is 0.0887. The zero-order valence-electron chi connectivity index (χ0n) is 11.3. The minimum Gasteiger partial charge on any atom is -0.467 e. The molecule has 0 bridgehead atoms. The predicted molar refractivity (Wildman–Crippen MR) is 71.3 cm³/mol. The van der Waals surface area contributed by atoms with Crippen LogP contribution in [0.5, 0.6) is 0 Å². The Labute approximate surface area is 120 Å². The topological polar surface area (TPSA) is 28.4 Å². The number of benzene rings is 1. The highest BCUT2D eigenvalue weighted by Crippen LogP contribution is 2.32. The first kappa shape index (κ1) is 14.2. The number of hydrogen-bond donors (Lipinski definition) is 1. The van der Waals surface area contributed by atoms with Crippen molar-refractivity contribution in [1.82, 2.24) is 10.2 Å². The second kappa shape index (κ2) is 5.91. The van der Waals surface area contributed by atoms with Crippen molar-refractivity contribution >= 4 is 0 Å². The van der Waals surface area contributed by atoms with Crippen LogP contribution in [-0.2, 0) is 0 Å². The molecule has 1 atom stereocenters. The summed E-state index contributed by atoms with van der Waals surface area (Å²) in [5.74, 6) is -2.50. The number of piperazine rings is 1. The minimum atomic E-state index is -1.19. The van der Waals surface area contributed by atoms with E-state index >= 15 is 0 Å². The molecule has 112 valence electrons. The van der Waals surface area contributed by atoms with Gasteiger partial charge in [-0.3, -0.25) is 4.90 Å². The number of furan rings is 1. The van der Waals surface area contributed by atoms with Crippen molar-refractivity contribution in [2.24, 2.45) is 0 Å². The molecule has 1 aromatic carbocycles. The van der Waals surface area contributed by atoms with Crippen LogP contribution >= 0.6 is 0 Å². The lowest BCUT2D eigenvalue weighted by Crippen LogP contribution is -2.45. The highest BCUT2D eigenvalue weighted by Gasteiger charge is 2.29. The highest BCUT2D eigenvalue weighted by atomic mass is 19.2. The SMILES string of the molecule is Fc1cc(F)c([C@H](c2ccco2)N2CCNCC2)cc1F. The fraction of sp³-hybridized carbons (Fsp3) is 0.333. The summed E-state index contributed by atoms with van der Waals surface area (Å²) in [5, 5.41) is 3.20. The maximum Gasteiger partial charge on any atom is 0.161 e. The van der Waals surface area contributed by atoms with E-state index in [1.807, 2.05) is 4.90 Å². The van der Waals surface area contributed by atoms with Crippen molar-refractivity contribution in [3.8, 4) is 0 Å². The number of hydrogen-bond acceptors (Lipinski definition) is 3. The molecule has 0 spiro atoms. The van der Waals surface area contributed by atoms with E-state index in [-0.39, 0.29) is 5.56 Å². The van der Waals surface area contributed by atoms with Crippen LogP contribution in [0.1, 0.15) is 17.4 Å². The van der Waals surface area contributed by atoms with Gasteiger partial charge in [0.2, 0.25) is 0 Å². The summed E-state index contributed by atoms with van der Waals surface area (Å²) < 4.78 is 46.2. The van der Waals surface area contributed by atoms with E-state index in [2.05, 4.69) is 5.32 Å². The molecule has 3 nitrogen and oxygen atoms in total. The molecule has 1 aromatic heterocycles. The molecule has 3 rings (SSSR count). The van der Waals surface area contributed by atoms with Gasteiger partial charge in [0, 0.05) is 37.8 Å². The van der Waals surface area contributed by atoms with Crippen LogP contribution in [0.25, 0.3) is 0 Å². The number of nitrogens with zero attached hydrogens (tertiary/aromatic N) is 1. The summed E-state index contributed by atoms with van der Waals surface area (Å²) in [6.45, 7) is 2.85. The van der Waals surface area contributed by atoms with Crippen LogP contribution in [0.3, 0.4) is 0 Å². The molecule has 1 aliphatic heterocycles. The van der Waals surface area contributed by atoms with Crippen LogP contribution in [0.15, 0.2) is 34.9 Å². The minimum absolute atomic E-state index is 0.0887. The van der Waals surface area contributed by atoms with Gasteiger partial charge < -0.3 is 9.73 Å². The quantitative estimate of drug-likeness (QED) is 0.883. The number of nitrogens with one attached hydrogen (secondary N) is 1. The molecule has 2 heterocycles. The molecular weight excluding hydrogens is 281 g/mol. The van der Waals surface area contributed by atoms with E-state index in [9.17, 15) is 13.2 Å². The third-order valence-electron chi connectivity index (χ3n) is 3.66. The Kier molecular flexibility index (Phi) is 3.98. The van der Waals surface area contributed by atoms with Gasteiger partial charge in [0.05, 0.1) is 12.3 Å². The van der Waals surface area contributed by atoms with Crippen molar-refractivity contribution in [3.63, 3.8) is 0 Å². The Hall–Kier alpha value is -1.79. The van der Waals surface area contributed by atoms with Gasteiger partial charge in [-0.05, 0) is 18.2 Å². The second-order valence-electron chi connectivity index (χ2n) is 4.99. The van der Waals surface area contributed by atoms with E-state index in [0.717, 1.165) is 19.2 Å².